The van der Waals surface area contributed by atoms with Gasteiger partial charge in [-0.05, 0) is 91.8 Å². The highest BCUT2D eigenvalue weighted by Crippen LogP contribution is 2.53. The van der Waals surface area contributed by atoms with E-state index in [1.54, 1.807) is 32.6 Å². The Labute approximate surface area is 467 Å². The smallest absolute Gasteiger partial charge is 0.319 e. The lowest BCUT2D eigenvalue weighted by molar-refractivity contribution is -0.142. The van der Waals surface area contributed by atoms with E-state index in [4.69, 9.17) is 24.2 Å². The summed E-state index contributed by atoms with van der Waals surface area (Å²) >= 11 is 0. The van der Waals surface area contributed by atoms with E-state index in [1.807, 2.05) is 76.2 Å². The summed E-state index contributed by atoms with van der Waals surface area (Å²) in [7, 11) is 1.63. The molecule has 4 aromatic heterocycles. The zero-order chi connectivity index (χ0) is 56.2. The fourth-order valence-corrected chi connectivity index (χ4v) is 11.9. The number of amides is 2. The van der Waals surface area contributed by atoms with Crippen molar-refractivity contribution in [2.75, 3.05) is 44.9 Å². The fourth-order valence-electron chi connectivity index (χ4n) is 11.9. The molecule has 12 rings (SSSR count). The number of benzene rings is 4. The summed E-state index contributed by atoms with van der Waals surface area (Å²) in [6.07, 6.45) is 8.51. The molecule has 4 fully saturated rings. The quantitative estimate of drug-likeness (QED) is 0.0543. The number of hydrogen-bond acceptors (Lipinski definition) is 16. The van der Waals surface area contributed by atoms with Crippen molar-refractivity contribution in [3.8, 4) is 45.3 Å². The summed E-state index contributed by atoms with van der Waals surface area (Å²) < 4.78 is 36.6. The van der Waals surface area contributed by atoms with Crippen LogP contribution in [0, 0.1) is 25.6 Å². The van der Waals surface area contributed by atoms with Crippen LogP contribution in [0.25, 0.3) is 55.3 Å². The highest BCUT2D eigenvalue weighted by atomic mass is 19.1. The number of halogens is 1. The molecule has 4 aromatic carbocycles. The molecular formula is C60H66FN13O7. The van der Waals surface area contributed by atoms with Crippen LogP contribution in [0.2, 0.25) is 0 Å². The molecule has 20 nitrogen and oxygen atoms in total. The van der Waals surface area contributed by atoms with Crippen molar-refractivity contribution in [1.29, 1.82) is 0 Å². The lowest BCUT2D eigenvalue weighted by atomic mass is 9.88. The first-order valence-corrected chi connectivity index (χ1v) is 27.8. The average Bonchev–Trinajstić information content (AvgIpc) is 4.07. The molecule has 0 unspecified atom stereocenters. The van der Waals surface area contributed by atoms with Gasteiger partial charge < -0.3 is 44.9 Å². The number of aryl methyl sites for hydroxylation is 1. The predicted molar refractivity (Wildman–Crippen MR) is 301 cm³/mol. The molecule has 2 bridgehead atoms. The van der Waals surface area contributed by atoms with Crippen LogP contribution < -0.4 is 25.0 Å². The molecule has 81 heavy (non-hydrogen) atoms. The van der Waals surface area contributed by atoms with Crippen LogP contribution in [-0.2, 0) is 20.9 Å². The number of methoxy groups -OCH3 is 1. The lowest BCUT2D eigenvalue weighted by Crippen LogP contribution is -2.50. The summed E-state index contributed by atoms with van der Waals surface area (Å²) in [6.45, 7) is 10.9. The molecule has 3 aliphatic heterocycles. The van der Waals surface area contributed by atoms with Crippen LogP contribution in [0.15, 0.2) is 85.6 Å². The Morgan fingerprint density at radius 1 is 0.938 bits per heavy atom. The van der Waals surface area contributed by atoms with E-state index in [1.165, 1.54) is 22.0 Å². The van der Waals surface area contributed by atoms with E-state index in [9.17, 15) is 19.8 Å². The summed E-state index contributed by atoms with van der Waals surface area (Å²) in [5, 5.41) is 45.8. The Balaban J connectivity index is 0.820. The maximum atomic E-state index is 16.1. The monoisotopic (exact) mass is 1100 g/mol. The first-order chi connectivity index (χ1) is 39.2. The van der Waals surface area contributed by atoms with Gasteiger partial charge >= 0.3 is 6.01 Å². The third kappa shape index (κ3) is 10.4. The summed E-state index contributed by atoms with van der Waals surface area (Å²) in [4.78, 5) is 51.1. The van der Waals surface area contributed by atoms with Gasteiger partial charge in [0.2, 0.25) is 11.8 Å². The molecule has 8 aromatic rings. The highest BCUT2D eigenvalue weighted by Gasteiger charge is 2.44. The van der Waals surface area contributed by atoms with Gasteiger partial charge in [-0.3, -0.25) is 14.7 Å². The Hall–Kier alpha value is -7.98. The van der Waals surface area contributed by atoms with Gasteiger partial charge in [-0.2, -0.15) is 15.1 Å². The molecule has 7 atom stereocenters. The number of nitrogens with one attached hydrogen (secondary N) is 3. The number of rotatable bonds is 19. The summed E-state index contributed by atoms with van der Waals surface area (Å²) in [5.41, 5.74) is 9.44. The number of aromatic nitrogens is 9. The summed E-state index contributed by atoms with van der Waals surface area (Å²) in [5.74, 6) is -0.0402. The van der Waals surface area contributed by atoms with E-state index in [0.29, 0.717) is 45.2 Å². The maximum absolute atomic E-state index is 16.1. The first kappa shape index (κ1) is 53.7. The van der Waals surface area contributed by atoms with E-state index in [-0.39, 0.29) is 74.5 Å². The van der Waals surface area contributed by atoms with Crippen molar-refractivity contribution < 1.29 is 38.4 Å². The van der Waals surface area contributed by atoms with Crippen LogP contribution in [0.3, 0.4) is 0 Å². The van der Waals surface area contributed by atoms with Crippen LogP contribution in [0.4, 0.5) is 10.2 Å². The van der Waals surface area contributed by atoms with Crippen molar-refractivity contribution >= 4 is 39.4 Å². The second kappa shape index (κ2) is 22.2. The van der Waals surface area contributed by atoms with E-state index < -0.39 is 30.1 Å². The van der Waals surface area contributed by atoms with Gasteiger partial charge in [-0.1, -0.05) is 67.6 Å². The van der Waals surface area contributed by atoms with Crippen molar-refractivity contribution in [2.24, 2.45) is 5.92 Å². The number of aliphatic hydroxyl groups excluding tert-OH is 2. The predicted octanol–water partition coefficient (Wildman–Crippen LogP) is 7.07. The second-order valence-electron chi connectivity index (χ2n) is 22.4. The molecule has 0 spiro atoms. The molecule has 420 valence electrons. The molecule has 4 aliphatic rings. The number of ether oxygens (including phenoxy) is 3. The number of likely N-dealkylation sites (tertiary alicyclic amines) is 1. The number of fused-ring (bicyclic) bond motifs is 4. The molecular weight excluding hydrogens is 1030 g/mol. The Kier molecular flexibility index (Phi) is 14.7. The van der Waals surface area contributed by atoms with Crippen LogP contribution >= 0.6 is 0 Å². The molecule has 5 N–H and O–H groups in total. The number of hydrogen-bond donors (Lipinski definition) is 5. The first-order valence-electron chi connectivity index (χ1n) is 27.8. The van der Waals surface area contributed by atoms with Gasteiger partial charge in [0.1, 0.15) is 54.5 Å². The third-order valence-electron chi connectivity index (χ3n) is 16.5. The highest BCUT2D eigenvalue weighted by molar-refractivity contribution is 6.06. The zero-order valence-corrected chi connectivity index (χ0v) is 46.1. The number of anilines is 1. The molecule has 3 saturated heterocycles. The summed E-state index contributed by atoms with van der Waals surface area (Å²) in [6, 6.07) is 17.0. The van der Waals surface area contributed by atoms with Crippen LogP contribution in [0.5, 0.6) is 11.8 Å². The van der Waals surface area contributed by atoms with E-state index in [2.05, 4.69) is 52.1 Å². The number of aliphatic hydroxyl groups is 2. The van der Waals surface area contributed by atoms with Crippen LogP contribution in [-0.4, -0.2) is 142 Å². The van der Waals surface area contributed by atoms with Gasteiger partial charge in [-0.25, -0.2) is 19.0 Å². The Bertz CT molecular complexity index is 3650. The van der Waals surface area contributed by atoms with Gasteiger partial charge in [0.05, 0.1) is 42.8 Å². The SMILES string of the molecule is CO[C@@H](C)COc1nc(N2C[C@@H]3C[C@H]2CN3)c2cc(C3CC3)c(-c3c(C)c(F)cc4[nH]ncc34)c(OCc3ccc(-c4cn([C@H](C(=O)N5C[C@H](O)C[C@H]5C(=O)N[C@@H](CO)c5ccc(-c6cncnc6C)cc5)C(C)C)nn4)cc3)c2n1. The second-order valence-corrected chi connectivity index (χ2v) is 22.4. The number of β-amino-alcohol motifs (C(OH)–C–C–N with tert-alkyl or cyclic N) is 1. The number of nitrogens with zero attached hydrogens (tertiary/aromatic N) is 10. The molecule has 0 radical (unpaired) electrons. The molecule has 2 amide bonds. The van der Waals surface area contributed by atoms with Gasteiger partial charge in [0.15, 0.2) is 5.75 Å². The number of aromatic amines is 1. The lowest BCUT2D eigenvalue weighted by Gasteiger charge is -2.30. The van der Waals surface area contributed by atoms with E-state index in [0.717, 1.165) is 88.0 Å². The Morgan fingerprint density at radius 3 is 2.43 bits per heavy atom. The molecule has 1 aliphatic carbocycles. The van der Waals surface area contributed by atoms with Crippen molar-refractivity contribution in [3.05, 3.63) is 119 Å². The number of piperazine rings is 1. The number of carbonyl (C=O) groups is 2. The van der Waals surface area contributed by atoms with Crippen LogP contribution in [0.1, 0.15) is 92.4 Å². The maximum Gasteiger partial charge on any atom is 0.319 e. The molecule has 1 saturated carbocycles. The minimum atomic E-state index is -0.994. The van der Waals surface area contributed by atoms with Crippen molar-refractivity contribution in [3.63, 3.8) is 0 Å². The normalized spacial score (nSPS) is 19.9. The number of carbonyl (C=O) groups excluding carboxylic acids is 2. The zero-order valence-electron chi connectivity index (χ0n) is 46.1. The minimum Gasteiger partial charge on any atom is -0.486 e. The largest absolute Gasteiger partial charge is 0.486 e. The number of H-pyrrole nitrogens is 1. The third-order valence-corrected chi connectivity index (χ3v) is 16.5. The average molecular weight is 1100 g/mol. The van der Waals surface area contributed by atoms with Gasteiger partial charge in [0, 0.05) is 90.2 Å². The topological polar surface area (TPSA) is 244 Å². The Morgan fingerprint density at radius 2 is 1.73 bits per heavy atom. The molecule has 7 heterocycles. The fraction of sp³-hybridized carbons (Fsp3) is 0.417. The minimum absolute atomic E-state index is 0.0311. The van der Waals surface area contributed by atoms with Crippen molar-refractivity contribution in [2.45, 2.75) is 115 Å². The standard InChI is InChI=1S/C60H66FN13O7/c1-31(2)55(59(78)73-25-42(76)18-51(73)58(77)66-50(27-75)39-15-13-37(14-16-39)45-22-62-30-64-34(45)5)74-26-49(70-71-74)38-9-7-35(8-10-38)29-80-56-53(52-33(4)47(61)20-48-46(52)23-65-69-48)43(36-11-12-36)19-44-54(56)67-60(81-28-32(3)79-6)68-57(44)72-24-40-17-41(72)21-63-40/h7-10,13-16,19-20,22-23,26,30-32,36,40-42,50-51,55,63,75-76H,11-12,17-18,21,24-25,27-29H2,1-6H3,(H,65,69)(H,66,77)/t32-,40-,41-,42+,50-,51-,55-/m0/s1. The van der Waals surface area contributed by atoms with Gasteiger partial charge in [-0.15, -0.1) is 5.10 Å². The van der Waals surface area contributed by atoms with E-state index >= 15 is 4.39 Å². The molecule has 21 heteroatoms. The van der Waals surface area contributed by atoms with Gasteiger partial charge in [0.25, 0.3) is 0 Å². The van der Waals surface area contributed by atoms with Crippen molar-refractivity contribution in [1.82, 2.24) is 60.7 Å².